The van der Waals surface area contributed by atoms with Gasteiger partial charge in [0.2, 0.25) is 0 Å². The predicted octanol–water partition coefficient (Wildman–Crippen LogP) is 4.44. The summed E-state index contributed by atoms with van der Waals surface area (Å²) < 4.78 is 13.3. The molecule has 142 valence electrons. The van der Waals surface area contributed by atoms with Crippen LogP contribution in [0.1, 0.15) is 36.5 Å². The highest BCUT2D eigenvalue weighted by Gasteiger charge is 2.36. The molecule has 5 rings (SSSR count). The van der Waals surface area contributed by atoms with Gasteiger partial charge >= 0.3 is 0 Å². The molecule has 3 fully saturated rings. The zero-order valence-corrected chi connectivity index (χ0v) is 15.9. The van der Waals surface area contributed by atoms with Crippen LogP contribution < -0.4 is 0 Å². The summed E-state index contributed by atoms with van der Waals surface area (Å²) >= 11 is 0. The van der Waals surface area contributed by atoms with Crippen LogP contribution >= 0.6 is 0 Å². The highest BCUT2D eigenvalue weighted by molar-refractivity contribution is 6.01. The normalized spacial score (nSPS) is 22.7. The molecule has 4 heteroatoms. The molecule has 0 aromatic heterocycles. The van der Waals surface area contributed by atoms with Crippen molar-refractivity contribution in [3.05, 3.63) is 59.9 Å². The number of fused-ring (bicyclic) bond motifs is 4. The van der Waals surface area contributed by atoms with Gasteiger partial charge < -0.3 is 4.90 Å². The first kappa shape index (κ1) is 18.2. The van der Waals surface area contributed by atoms with Crippen LogP contribution in [-0.2, 0) is 0 Å². The predicted molar refractivity (Wildman–Crippen MR) is 106 cm³/mol. The number of piperidine rings is 1. The van der Waals surface area contributed by atoms with Crippen molar-refractivity contribution in [3.63, 3.8) is 0 Å². The summed E-state index contributed by atoms with van der Waals surface area (Å²) in [5.41, 5.74) is 2.47. The summed E-state index contributed by atoms with van der Waals surface area (Å²) in [4.78, 5) is 18.1. The lowest BCUT2D eigenvalue weighted by atomic mass is 9.95. The van der Waals surface area contributed by atoms with Gasteiger partial charge in [0.05, 0.1) is 0 Å². The van der Waals surface area contributed by atoms with Gasteiger partial charge in [-0.1, -0.05) is 37.3 Å². The molecule has 1 amide bonds. The molecule has 3 aliphatic rings. The fraction of sp³-hybridized carbons (Fsp3) is 0.435. The summed E-state index contributed by atoms with van der Waals surface area (Å²) in [5, 5.41) is 0. The molecule has 0 spiro atoms. The lowest BCUT2D eigenvalue weighted by molar-refractivity contribution is 0.0739. The van der Waals surface area contributed by atoms with E-state index in [0.29, 0.717) is 17.5 Å². The van der Waals surface area contributed by atoms with Crippen LogP contribution in [0.2, 0.25) is 0 Å². The van der Waals surface area contributed by atoms with Crippen molar-refractivity contribution in [1.82, 2.24) is 9.80 Å². The second-order valence-electron chi connectivity index (χ2n) is 7.85. The maximum Gasteiger partial charge on any atom is 0.254 e. The Kier molecular flexibility index (Phi) is 5.26. The average molecular weight is 366 g/mol. The van der Waals surface area contributed by atoms with Gasteiger partial charge in [-0.25, -0.2) is 4.39 Å². The molecule has 27 heavy (non-hydrogen) atoms. The van der Waals surface area contributed by atoms with E-state index in [0.717, 1.165) is 43.7 Å². The zero-order valence-electron chi connectivity index (χ0n) is 15.9. The van der Waals surface area contributed by atoms with Crippen LogP contribution in [-0.4, -0.2) is 47.9 Å². The molecule has 2 bridgehead atoms. The Labute approximate surface area is 160 Å². The van der Waals surface area contributed by atoms with Crippen molar-refractivity contribution in [3.8, 4) is 11.1 Å². The van der Waals surface area contributed by atoms with Gasteiger partial charge in [-0.05, 0) is 61.1 Å². The third kappa shape index (κ3) is 3.77. The number of benzene rings is 2. The zero-order chi connectivity index (χ0) is 18.8. The second-order valence-corrected chi connectivity index (χ2v) is 7.85. The molecule has 2 atom stereocenters. The van der Waals surface area contributed by atoms with Gasteiger partial charge in [0.25, 0.3) is 5.91 Å². The average Bonchev–Trinajstić information content (AvgIpc) is 3.00. The third-order valence-corrected chi connectivity index (χ3v) is 5.94. The van der Waals surface area contributed by atoms with Crippen LogP contribution in [0.5, 0.6) is 0 Å². The van der Waals surface area contributed by atoms with Crippen LogP contribution in [0.3, 0.4) is 0 Å². The molecule has 3 aliphatic heterocycles. The van der Waals surface area contributed by atoms with Crippen LogP contribution in [0.25, 0.3) is 11.1 Å². The van der Waals surface area contributed by atoms with Crippen molar-refractivity contribution in [1.29, 1.82) is 0 Å². The number of halogens is 1. The molecule has 2 aromatic rings. The van der Waals surface area contributed by atoms with E-state index in [9.17, 15) is 9.18 Å². The summed E-state index contributed by atoms with van der Waals surface area (Å²) in [6.45, 7) is 6.11. The first-order valence-electron chi connectivity index (χ1n) is 10.0. The monoisotopic (exact) mass is 366 g/mol. The lowest BCUT2D eigenvalue weighted by Crippen LogP contribution is -2.44. The summed E-state index contributed by atoms with van der Waals surface area (Å²) in [6.07, 6.45) is 3.56. The first-order chi connectivity index (χ1) is 13.2. The molecule has 0 N–H and O–H groups in total. The fourth-order valence-corrected chi connectivity index (χ4v) is 4.63. The topological polar surface area (TPSA) is 23.6 Å². The van der Waals surface area contributed by atoms with Crippen molar-refractivity contribution in [2.75, 3.05) is 26.2 Å². The number of nitrogens with zero attached hydrogens (tertiary/aromatic N) is 2. The molecule has 0 aliphatic carbocycles. The van der Waals surface area contributed by atoms with Crippen molar-refractivity contribution in [2.45, 2.75) is 32.2 Å². The van der Waals surface area contributed by atoms with E-state index in [1.54, 1.807) is 12.1 Å². The van der Waals surface area contributed by atoms with Gasteiger partial charge in [-0.15, -0.1) is 0 Å². The Morgan fingerprint density at radius 2 is 1.81 bits per heavy atom. The van der Waals surface area contributed by atoms with Crippen molar-refractivity contribution < 1.29 is 9.18 Å². The van der Waals surface area contributed by atoms with Crippen LogP contribution in [0.15, 0.2) is 48.5 Å². The molecule has 3 saturated heterocycles. The summed E-state index contributed by atoms with van der Waals surface area (Å²) in [6, 6.07) is 14.6. The van der Waals surface area contributed by atoms with Gasteiger partial charge in [-0.3, -0.25) is 9.69 Å². The van der Waals surface area contributed by atoms with Crippen molar-refractivity contribution >= 4 is 5.91 Å². The molecule has 0 saturated carbocycles. The van der Waals surface area contributed by atoms with E-state index >= 15 is 0 Å². The Hall–Kier alpha value is -2.20. The number of carbonyl (C=O) groups is 1. The fourth-order valence-electron chi connectivity index (χ4n) is 4.63. The van der Waals surface area contributed by atoms with Gasteiger partial charge in [0.1, 0.15) is 5.82 Å². The largest absolute Gasteiger partial charge is 0.337 e. The number of hydrogen-bond donors (Lipinski definition) is 0. The highest BCUT2D eigenvalue weighted by atomic mass is 19.1. The van der Waals surface area contributed by atoms with Gasteiger partial charge in [-0.2, -0.15) is 0 Å². The highest BCUT2D eigenvalue weighted by Crippen LogP contribution is 2.31. The Morgan fingerprint density at radius 3 is 2.59 bits per heavy atom. The maximum absolute atomic E-state index is 13.4. The van der Waals surface area contributed by atoms with E-state index < -0.39 is 0 Å². The van der Waals surface area contributed by atoms with Gasteiger partial charge in [0.15, 0.2) is 0 Å². The smallest absolute Gasteiger partial charge is 0.254 e. The number of carbonyl (C=O) groups excluding carboxylic acids is 1. The quantitative estimate of drug-likeness (QED) is 0.799. The molecule has 3 heterocycles. The van der Waals surface area contributed by atoms with E-state index in [-0.39, 0.29) is 11.7 Å². The minimum atomic E-state index is -0.261. The maximum atomic E-state index is 13.4. The minimum Gasteiger partial charge on any atom is -0.337 e. The van der Waals surface area contributed by atoms with E-state index in [4.69, 9.17) is 0 Å². The number of rotatable bonds is 4. The minimum absolute atomic E-state index is 0.102. The summed E-state index contributed by atoms with van der Waals surface area (Å²) in [7, 11) is 0. The lowest BCUT2D eigenvalue weighted by Gasteiger charge is -2.35. The third-order valence-electron chi connectivity index (χ3n) is 5.94. The van der Waals surface area contributed by atoms with E-state index in [2.05, 4.69) is 16.7 Å². The Morgan fingerprint density at radius 1 is 1.04 bits per heavy atom. The van der Waals surface area contributed by atoms with E-state index in [1.807, 2.05) is 24.3 Å². The Balaban J connectivity index is 1.61. The molecule has 0 radical (unpaired) electrons. The molecule has 3 nitrogen and oxygen atoms in total. The van der Waals surface area contributed by atoms with E-state index in [1.165, 1.54) is 25.0 Å². The molecular weight excluding hydrogens is 339 g/mol. The SMILES string of the molecule is CCCN1C[C@H]2CC[C@@H]1CN(C(=O)c1ccccc1-c1ccc(F)cc1)C2. The van der Waals surface area contributed by atoms with Gasteiger partial charge in [0, 0.05) is 31.2 Å². The molecule has 0 unspecified atom stereocenters. The molecular formula is C23H27FN2O. The number of hydrogen-bond acceptors (Lipinski definition) is 2. The molecule has 2 aromatic carbocycles. The first-order valence-corrected chi connectivity index (χ1v) is 10.0. The van der Waals surface area contributed by atoms with Crippen molar-refractivity contribution in [2.24, 2.45) is 5.92 Å². The standard InChI is InChI=1S/C23H27FN2O/c1-2-13-25-14-17-7-12-20(25)16-26(15-17)23(27)22-6-4-3-5-21(22)18-8-10-19(24)11-9-18/h3-6,8-11,17,20H,2,7,12-16H2,1H3/t17-,20-/m1/s1. The van der Waals surface area contributed by atoms with Crippen LogP contribution in [0.4, 0.5) is 4.39 Å². The summed E-state index contributed by atoms with van der Waals surface area (Å²) in [5.74, 6) is 0.407. The number of amides is 1. The van der Waals surface area contributed by atoms with Crippen LogP contribution in [0, 0.1) is 11.7 Å². The Bertz CT molecular complexity index is 804. The second kappa shape index (κ2) is 7.81.